The van der Waals surface area contributed by atoms with E-state index >= 15 is 0 Å². The second kappa shape index (κ2) is 3.12. The van der Waals surface area contributed by atoms with Gasteiger partial charge in [-0.3, -0.25) is 0 Å². The smallest absolute Gasteiger partial charge is 0.114 e. The van der Waals surface area contributed by atoms with Crippen LogP contribution in [0.4, 0.5) is 0 Å². The molecule has 0 heterocycles. The van der Waals surface area contributed by atoms with Crippen molar-refractivity contribution < 1.29 is 4.21 Å². The molecule has 2 heteroatoms. The van der Waals surface area contributed by atoms with Gasteiger partial charge in [0.2, 0.25) is 0 Å². The van der Waals surface area contributed by atoms with Crippen molar-refractivity contribution in [1.29, 1.82) is 0 Å². The summed E-state index contributed by atoms with van der Waals surface area (Å²) >= 11 is 0.607. The zero-order chi connectivity index (χ0) is 7.45. The van der Waals surface area contributed by atoms with E-state index in [1.54, 1.807) is 0 Å². The van der Waals surface area contributed by atoms with Gasteiger partial charge < -0.3 is 0 Å². The van der Waals surface area contributed by atoms with E-state index in [0.717, 1.165) is 25.7 Å². The molecule has 1 fully saturated rings. The Morgan fingerprint density at radius 3 is 2.20 bits per heavy atom. The first-order valence-electron chi connectivity index (χ1n) is 3.62. The first kappa shape index (κ1) is 7.68. The van der Waals surface area contributed by atoms with Crippen molar-refractivity contribution in [1.82, 2.24) is 0 Å². The van der Waals surface area contributed by atoms with E-state index in [1.165, 1.54) is 6.42 Å². The predicted octanol–water partition coefficient (Wildman–Crippen LogP) is 1.75. The van der Waals surface area contributed by atoms with Crippen LogP contribution < -0.4 is 0 Å². The van der Waals surface area contributed by atoms with E-state index in [9.17, 15) is 4.21 Å². The van der Waals surface area contributed by atoms with Gasteiger partial charge in [0.1, 0.15) is 0 Å². The maximum Gasteiger partial charge on any atom is 0.479 e. The molecule has 1 aliphatic carbocycles. The maximum absolute atomic E-state index is 10.6. The van der Waals surface area contributed by atoms with Crippen molar-refractivity contribution in [3.63, 3.8) is 0 Å². The van der Waals surface area contributed by atoms with E-state index in [4.69, 9.17) is 6.42 Å². The summed E-state index contributed by atoms with van der Waals surface area (Å²) < 4.78 is 10.3. The van der Waals surface area contributed by atoms with Gasteiger partial charge in [0, 0.05) is 17.1 Å². The van der Waals surface area contributed by atoms with E-state index in [1.807, 2.05) is 0 Å². The second-order valence-corrected chi connectivity index (χ2v) is 3.73. The fraction of sp³-hybridized carbons (Fsp3) is 0.750. The Balaban J connectivity index is 2.63. The van der Waals surface area contributed by atoms with Gasteiger partial charge >= 0.3 is 16.4 Å². The van der Waals surface area contributed by atoms with Crippen LogP contribution in [0.25, 0.3) is 0 Å². The number of rotatable bonds is 1. The highest BCUT2D eigenvalue weighted by molar-refractivity contribution is 7.67. The van der Waals surface area contributed by atoms with Gasteiger partial charge in [-0.1, -0.05) is 6.42 Å². The largest absolute Gasteiger partial charge is 0.479 e. The quantitative estimate of drug-likeness (QED) is 0.416. The summed E-state index contributed by atoms with van der Waals surface area (Å²) in [7, 11) is 0. The van der Waals surface area contributed by atoms with E-state index < -0.39 is 0 Å². The van der Waals surface area contributed by atoms with Gasteiger partial charge in [-0.15, -0.1) is 6.42 Å². The lowest BCUT2D eigenvalue weighted by atomic mass is 9.89. The van der Waals surface area contributed by atoms with Crippen LogP contribution in [-0.4, -0.2) is 4.75 Å². The summed E-state index contributed by atoms with van der Waals surface area (Å²) in [6.07, 6.45) is 10.6. The highest BCUT2D eigenvalue weighted by Gasteiger charge is 2.43. The van der Waals surface area contributed by atoms with Crippen LogP contribution in [0.3, 0.4) is 0 Å². The molecule has 1 rings (SSSR count). The zero-order valence-electron chi connectivity index (χ0n) is 5.93. The third kappa shape index (κ3) is 1.35. The third-order valence-corrected chi connectivity index (χ3v) is 2.93. The summed E-state index contributed by atoms with van der Waals surface area (Å²) in [5, 5.41) is 0. The van der Waals surface area contributed by atoms with Crippen molar-refractivity contribution in [2.24, 2.45) is 0 Å². The van der Waals surface area contributed by atoms with E-state index in [-0.39, 0.29) is 4.75 Å². The van der Waals surface area contributed by atoms with Gasteiger partial charge in [-0.25, -0.2) is 0 Å². The van der Waals surface area contributed by atoms with Crippen LogP contribution in [0, 0.1) is 12.3 Å². The SMILES string of the molecule is C#CC1([S+]=O)CCCCC1. The summed E-state index contributed by atoms with van der Waals surface area (Å²) in [6, 6.07) is 0. The molecule has 54 valence electrons. The van der Waals surface area contributed by atoms with Crippen LogP contribution in [0.1, 0.15) is 32.1 Å². The Morgan fingerprint density at radius 1 is 1.30 bits per heavy atom. The molecule has 0 amide bonds. The monoisotopic (exact) mass is 155 g/mol. The Morgan fingerprint density at radius 2 is 1.90 bits per heavy atom. The predicted molar refractivity (Wildman–Crippen MR) is 42.7 cm³/mol. The van der Waals surface area contributed by atoms with E-state index in [0.29, 0.717) is 11.7 Å². The summed E-state index contributed by atoms with van der Waals surface area (Å²) in [6.45, 7) is 0. The van der Waals surface area contributed by atoms with Gasteiger partial charge in [-0.2, -0.15) is 0 Å². The highest BCUT2D eigenvalue weighted by atomic mass is 32.1. The molecule has 0 aromatic carbocycles. The molecule has 0 atom stereocenters. The zero-order valence-corrected chi connectivity index (χ0v) is 6.75. The van der Waals surface area contributed by atoms with Crippen LogP contribution in [0.5, 0.6) is 0 Å². The molecule has 1 saturated carbocycles. The van der Waals surface area contributed by atoms with Crippen LogP contribution in [-0.2, 0) is 15.9 Å². The van der Waals surface area contributed by atoms with Gasteiger partial charge in [-0.05, 0) is 18.8 Å². The molecule has 1 nitrogen and oxygen atoms in total. The van der Waals surface area contributed by atoms with E-state index in [2.05, 4.69) is 5.92 Å². The first-order chi connectivity index (χ1) is 4.83. The normalized spacial score (nSPS) is 23.1. The molecule has 0 aromatic heterocycles. The highest BCUT2D eigenvalue weighted by Crippen LogP contribution is 2.29. The molecule has 0 N–H and O–H groups in total. The molecular weight excluding hydrogens is 144 g/mol. The number of hydrogen-bond donors (Lipinski definition) is 0. The average molecular weight is 155 g/mol. The Labute approximate surface area is 65.7 Å². The molecular formula is C8H11OS+. The minimum atomic E-state index is -0.349. The van der Waals surface area contributed by atoms with Crippen LogP contribution in [0.15, 0.2) is 0 Å². The molecule has 0 spiro atoms. The minimum absolute atomic E-state index is 0.349. The van der Waals surface area contributed by atoms with Gasteiger partial charge in [0.15, 0.2) is 0 Å². The van der Waals surface area contributed by atoms with Crippen LogP contribution >= 0.6 is 0 Å². The summed E-state index contributed by atoms with van der Waals surface area (Å²) in [5.41, 5.74) is 0. The number of hydrogen-bond acceptors (Lipinski definition) is 1. The second-order valence-electron chi connectivity index (χ2n) is 2.78. The standard InChI is InChI=1S/C8H11OS/c1-2-8(10-9)6-4-3-5-7-8/h1H,3-7H2/q+1. The topological polar surface area (TPSA) is 17.1 Å². The molecule has 0 radical (unpaired) electrons. The van der Waals surface area contributed by atoms with Crippen molar-refractivity contribution in [3.05, 3.63) is 0 Å². The Bertz CT molecular complexity index is 163. The fourth-order valence-corrected chi connectivity index (χ4v) is 1.88. The summed E-state index contributed by atoms with van der Waals surface area (Å²) in [5.74, 6) is 2.62. The molecule has 1 aliphatic rings. The van der Waals surface area contributed by atoms with Gasteiger partial charge in [0.05, 0.1) is 0 Å². The molecule has 0 bridgehead atoms. The molecule has 10 heavy (non-hydrogen) atoms. The lowest BCUT2D eigenvalue weighted by molar-refractivity contribution is 0.451. The van der Waals surface area contributed by atoms with Crippen molar-refractivity contribution in [3.8, 4) is 12.3 Å². The lowest BCUT2D eigenvalue weighted by Gasteiger charge is -2.15. The minimum Gasteiger partial charge on any atom is -0.114 e. The molecule has 0 saturated heterocycles. The van der Waals surface area contributed by atoms with Crippen LogP contribution in [0.2, 0.25) is 0 Å². The fourth-order valence-electron chi connectivity index (χ4n) is 1.37. The lowest BCUT2D eigenvalue weighted by Crippen LogP contribution is -2.28. The molecule has 0 aliphatic heterocycles. The van der Waals surface area contributed by atoms with Crippen molar-refractivity contribution in [2.75, 3.05) is 0 Å². The van der Waals surface area contributed by atoms with Crippen molar-refractivity contribution >= 4 is 11.7 Å². The molecule has 0 aromatic rings. The first-order valence-corrected chi connectivity index (χ1v) is 4.36. The van der Waals surface area contributed by atoms with Crippen molar-refractivity contribution in [2.45, 2.75) is 36.9 Å². The Kier molecular flexibility index (Phi) is 2.39. The Hall–Kier alpha value is -0.420. The third-order valence-electron chi connectivity index (χ3n) is 2.08. The number of terminal acetylenes is 1. The average Bonchev–Trinajstić information content (AvgIpc) is 2.06. The summed E-state index contributed by atoms with van der Waals surface area (Å²) in [4.78, 5) is 0. The van der Waals surface area contributed by atoms with Gasteiger partial charge in [0.25, 0.3) is 0 Å². The molecule has 0 unspecified atom stereocenters. The maximum atomic E-state index is 10.6.